The standard InChI is InChI=1S/C13H14N4O2S/c1-3-10(11(18)19)20-13-15-14-12-16(2)8-6-4-5-7-9(8)17(12)13/h4-7,10H,3H2,1-2H3,(H,18,19). The number of carboxylic acids is 1. The number of imidazole rings is 1. The molecule has 3 rings (SSSR count). The summed E-state index contributed by atoms with van der Waals surface area (Å²) in [6.07, 6.45) is 0.541. The largest absolute Gasteiger partial charge is 0.480 e. The van der Waals surface area contributed by atoms with Crippen LogP contribution >= 0.6 is 11.8 Å². The lowest BCUT2D eigenvalue weighted by atomic mass is 10.3. The van der Waals surface area contributed by atoms with E-state index in [4.69, 9.17) is 0 Å². The van der Waals surface area contributed by atoms with Gasteiger partial charge in [-0.2, -0.15) is 0 Å². The fraction of sp³-hybridized carbons (Fsp3) is 0.308. The van der Waals surface area contributed by atoms with E-state index >= 15 is 0 Å². The van der Waals surface area contributed by atoms with Crippen molar-refractivity contribution in [1.82, 2.24) is 19.2 Å². The Morgan fingerprint density at radius 3 is 2.70 bits per heavy atom. The zero-order valence-corrected chi connectivity index (χ0v) is 12.0. The molecular weight excluding hydrogens is 276 g/mol. The lowest BCUT2D eigenvalue weighted by Gasteiger charge is -2.06. The van der Waals surface area contributed by atoms with Crippen LogP contribution in [0.2, 0.25) is 0 Å². The normalized spacial score (nSPS) is 13.1. The Kier molecular flexibility index (Phi) is 3.13. The molecular formula is C13H14N4O2S. The van der Waals surface area contributed by atoms with Gasteiger partial charge in [-0.1, -0.05) is 30.8 Å². The van der Waals surface area contributed by atoms with Gasteiger partial charge in [0.05, 0.1) is 11.0 Å². The predicted molar refractivity (Wildman–Crippen MR) is 77.0 cm³/mol. The number of rotatable bonds is 4. The zero-order chi connectivity index (χ0) is 14.3. The van der Waals surface area contributed by atoms with Crippen molar-refractivity contribution in [2.45, 2.75) is 23.8 Å². The van der Waals surface area contributed by atoms with Crippen molar-refractivity contribution < 1.29 is 9.90 Å². The van der Waals surface area contributed by atoms with E-state index in [1.165, 1.54) is 11.8 Å². The number of hydrogen-bond acceptors (Lipinski definition) is 4. The fourth-order valence-electron chi connectivity index (χ4n) is 2.25. The first-order chi connectivity index (χ1) is 9.63. The van der Waals surface area contributed by atoms with Gasteiger partial charge >= 0.3 is 5.97 Å². The molecule has 1 unspecified atom stereocenters. The molecule has 0 aliphatic heterocycles. The van der Waals surface area contributed by atoms with Crippen LogP contribution in [0.4, 0.5) is 0 Å². The fourth-order valence-corrected chi connectivity index (χ4v) is 3.14. The van der Waals surface area contributed by atoms with E-state index in [-0.39, 0.29) is 0 Å². The second-order valence-electron chi connectivity index (χ2n) is 4.52. The third kappa shape index (κ3) is 1.85. The number of aryl methyl sites for hydroxylation is 1. The molecule has 0 saturated carbocycles. The number of aromatic nitrogens is 4. The second kappa shape index (κ2) is 4.82. The van der Waals surface area contributed by atoms with Gasteiger partial charge in [-0.15, -0.1) is 10.2 Å². The quantitative estimate of drug-likeness (QED) is 0.746. The highest BCUT2D eigenvalue weighted by atomic mass is 32.2. The number of nitrogens with zero attached hydrogens (tertiary/aromatic N) is 4. The maximum absolute atomic E-state index is 11.2. The third-order valence-corrected chi connectivity index (χ3v) is 4.59. The summed E-state index contributed by atoms with van der Waals surface area (Å²) in [4.78, 5) is 11.2. The molecule has 2 heterocycles. The lowest BCUT2D eigenvalue weighted by Crippen LogP contribution is -2.15. The molecule has 3 aromatic rings. The van der Waals surface area contributed by atoms with Gasteiger partial charge in [-0.3, -0.25) is 9.20 Å². The minimum absolute atomic E-state index is 0.513. The monoisotopic (exact) mass is 290 g/mol. The zero-order valence-electron chi connectivity index (χ0n) is 11.1. The Bertz CT molecular complexity index is 792. The Morgan fingerprint density at radius 1 is 1.35 bits per heavy atom. The highest BCUT2D eigenvalue weighted by Crippen LogP contribution is 2.28. The van der Waals surface area contributed by atoms with Crippen molar-refractivity contribution >= 4 is 34.5 Å². The van der Waals surface area contributed by atoms with Crippen LogP contribution in [0, 0.1) is 0 Å². The smallest absolute Gasteiger partial charge is 0.317 e. The predicted octanol–water partition coefficient (Wildman–Crippen LogP) is 2.18. The van der Waals surface area contributed by atoms with E-state index in [0.717, 1.165) is 11.0 Å². The number of carbonyl (C=O) groups is 1. The van der Waals surface area contributed by atoms with Crippen LogP contribution in [0.5, 0.6) is 0 Å². The molecule has 0 amide bonds. The SMILES string of the molecule is CCC(Sc1nnc2n(C)c3ccccc3n12)C(=O)O. The minimum atomic E-state index is -0.825. The average Bonchev–Trinajstić information content (AvgIpc) is 2.97. The van der Waals surface area contributed by atoms with Crippen molar-refractivity contribution in [1.29, 1.82) is 0 Å². The van der Waals surface area contributed by atoms with E-state index in [0.29, 0.717) is 17.4 Å². The first-order valence-corrected chi connectivity index (χ1v) is 7.19. The summed E-state index contributed by atoms with van der Waals surface area (Å²) < 4.78 is 3.86. The van der Waals surface area contributed by atoms with E-state index in [1.54, 1.807) is 0 Å². The van der Waals surface area contributed by atoms with Crippen LogP contribution in [-0.4, -0.2) is 35.5 Å². The van der Waals surface area contributed by atoms with Crippen LogP contribution in [0.1, 0.15) is 13.3 Å². The third-order valence-electron chi connectivity index (χ3n) is 3.29. The van der Waals surface area contributed by atoms with Crippen LogP contribution in [0.25, 0.3) is 16.8 Å². The molecule has 20 heavy (non-hydrogen) atoms. The van der Waals surface area contributed by atoms with Gasteiger partial charge in [-0.25, -0.2) is 0 Å². The van der Waals surface area contributed by atoms with Gasteiger partial charge in [0.15, 0.2) is 5.16 Å². The molecule has 0 spiro atoms. The summed E-state index contributed by atoms with van der Waals surface area (Å²) >= 11 is 1.24. The number of carboxylic acid groups (broad SMARTS) is 1. The molecule has 1 aromatic carbocycles. The number of aliphatic carboxylic acids is 1. The van der Waals surface area contributed by atoms with E-state index in [1.807, 2.05) is 47.2 Å². The first-order valence-electron chi connectivity index (χ1n) is 6.31. The van der Waals surface area contributed by atoms with Gasteiger partial charge in [0.2, 0.25) is 5.78 Å². The van der Waals surface area contributed by atoms with Crippen LogP contribution < -0.4 is 0 Å². The number of thioether (sulfide) groups is 1. The Balaban J connectivity index is 2.17. The molecule has 6 nitrogen and oxygen atoms in total. The topological polar surface area (TPSA) is 72.4 Å². The average molecular weight is 290 g/mol. The molecule has 0 aliphatic carbocycles. The lowest BCUT2D eigenvalue weighted by molar-refractivity contribution is -0.136. The summed E-state index contributed by atoms with van der Waals surface area (Å²) in [6, 6.07) is 7.91. The summed E-state index contributed by atoms with van der Waals surface area (Å²) in [5, 5.41) is 17.6. The van der Waals surface area contributed by atoms with Crippen LogP contribution in [0.3, 0.4) is 0 Å². The Labute approximate surface area is 119 Å². The summed E-state index contributed by atoms with van der Waals surface area (Å²) in [5.74, 6) is -0.108. The summed E-state index contributed by atoms with van der Waals surface area (Å²) in [5.41, 5.74) is 2.03. The first kappa shape index (κ1) is 13.0. The second-order valence-corrected chi connectivity index (χ2v) is 5.69. The van der Waals surface area contributed by atoms with Crippen molar-refractivity contribution in [2.24, 2.45) is 7.05 Å². The van der Waals surface area contributed by atoms with Crippen molar-refractivity contribution in [3.8, 4) is 0 Å². The number of hydrogen-bond donors (Lipinski definition) is 1. The molecule has 0 saturated heterocycles. The van der Waals surface area contributed by atoms with Crippen molar-refractivity contribution in [2.75, 3.05) is 0 Å². The molecule has 2 aromatic heterocycles. The maximum atomic E-state index is 11.2. The van der Waals surface area contributed by atoms with Gasteiger partial charge < -0.3 is 9.67 Å². The maximum Gasteiger partial charge on any atom is 0.317 e. The van der Waals surface area contributed by atoms with Gasteiger partial charge in [0, 0.05) is 7.05 Å². The molecule has 0 aliphatic rings. The highest BCUT2D eigenvalue weighted by Gasteiger charge is 2.22. The van der Waals surface area contributed by atoms with Crippen molar-refractivity contribution in [3.05, 3.63) is 24.3 Å². The number of fused-ring (bicyclic) bond motifs is 3. The molecule has 7 heteroatoms. The van der Waals surface area contributed by atoms with E-state index in [9.17, 15) is 9.90 Å². The number of benzene rings is 1. The highest BCUT2D eigenvalue weighted by molar-refractivity contribution is 8.00. The number of para-hydroxylation sites is 2. The molecule has 1 atom stereocenters. The summed E-state index contributed by atoms with van der Waals surface area (Å²) in [6.45, 7) is 1.85. The van der Waals surface area contributed by atoms with Gasteiger partial charge in [0.25, 0.3) is 0 Å². The molecule has 0 bridgehead atoms. The molecule has 1 N–H and O–H groups in total. The molecule has 0 fully saturated rings. The minimum Gasteiger partial charge on any atom is -0.480 e. The van der Waals surface area contributed by atoms with Gasteiger partial charge in [-0.05, 0) is 18.6 Å². The Morgan fingerprint density at radius 2 is 2.05 bits per heavy atom. The van der Waals surface area contributed by atoms with Crippen LogP contribution in [0.15, 0.2) is 29.4 Å². The van der Waals surface area contributed by atoms with E-state index < -0.39 is 11.2 Å². The van der Waals surface area contributed by atoms with Crippen LogP contribution in [-0.2, 0) is 11.8 Å². The van der Waals surface area contributed by atoms with Gasteiger partial charge in [0.1, 0.15) is 5.25 Å². The van der Waals surface area contributed by atoms with Crippen molar-refractivity contribution in [3.63, 3.8) is 0 Å². The Hall–Kier alpha value is -2.02. The summed E-state index contributed by atoms with van der Waals surface area (Å²) in [7, 11) is 1.93. The van der Waals surface area contributed by atoms with E-state index in [2.05, 4.69) is 10.2 Å². The molecule has 0 radical (unpaired) electrons. The molecule has 104 valence electrons.